The van der Waals surface area contributed by atoms with Gasteiger partial charge in [0.15, 0.2) is 0 Å². The van der Waals surface area contributed by atoms with Crippen molar-refractivity contribution < 1.29 is 14.6 Å². The normalized spacial score (nSPS) is 14.8. The van der Waals surface area contributed by atoms with E-state index in [0.29, 0.717) is 12.0 Å². The summed E-state index contributed by atoms with van der Waals surface area (Å²) < 4.78 is 13.6. The first-order chi connectivity index (χ1) is 7.61. The highest BCUT2D eigenvalue weighted by molar-refractivity contribution is 6.21. The summed E-state index contributed by atoms with van der Waals surface area (Å²) in [6.07, 6.45) is 0.360. The van der Waals surface area contributed by atoms with Crippen LogP contribution in [0.15, 0.2) is 18.2 Å². The Balaban J connectivity index is 3.12. The first kappa shape index (κ1) is 13.4. The molecule has 0 amide bonds. The van der Waals surface area contributed by atoms with Crippen molar-refractivity contribution in [3.63, 3.8) is 0 Å². The molecule has 0 radical (unpaired) electrons. The van der Waals surface area contributed by atoms with Crippen molar-refractivity contribution in [3.05, 3.63) is 35.1 Å². The maximum Gasteiger partial charge on any atom is 0.129 e. The van der Waals surface area contributed by atoms with Crippen LogP contribution >= 0.6 is 11.6 Å². The van der Waals surface area contributed by atoms with Crippen molar-refractivity contribution in [2.24, 2.45) is 0 Å². The standard InChI is InChI=1S/C12H16ClFO2/c1-2-4-11(16)12-8(9(13)7-15)5-3-6-10(12)14/h3,5-6,9,11,15-16H,2,4,7H2,1H3. The van der Waals surface area contributed by atoms with Gasteiger partial charge in [-0.3, -0.25) is 0 Å². The lowest BCUT2D eigenvalue weighted by Gasteiger charge is -2.18. The van der Waals surface area contributed by atoms with Crippen LogP contribution in [0.3, 0.4) is 0 Å². The second-order valence-corrected chi connectivity index (χ2v) is 4.22. The molecule has 0 spiro atoms. The third kappa shape index (κ3) is 2.94. The molecule has 1 rings (SSSR count). The van der Waals surface area contributed by atoms with Gasteiger partial charge in [0.2, 0.25) is 0 Å². The Morgan fingerprint density at radius 1 is 1.44 bits per heavy atom. The van der Waals surface area contributed by atoms with Gasteiger partial charge in [0.1, 0.15) is 5.82 Å². The molecule has 0 saturated heterocycles. The van der Waals surface area contributed by atoms with Crippen molar-refractivity contribution >= 4 is 11.6 Å². The number of alkyl halides is 1. The molecule has 1 aromatic rings. The monoisotopic (exact) mass is 246 g/mol. The van der Waals surface area contributed by atoms with E-state index in [-0.39, 0.29) is 12.2 Å². The number of rotatable bonds is 5. The van der Waals surface area contributed by atoms with E-state index in [0.717, 1.165) is 6.42 Å². The Bertz CT molecular complexity index is 344. The predicted octanol–water partition coefficient (Wildman–Crippen LogP) is 2.93. The zero-order valence-corrected chi connectivity index (χ0v) is 9.91. The Morgan fingerprint density at radius 2 is 2.12 bits per heavy atom. The van der Waals surface area contributed by atoms with E-state index in [1.165, 1.54) is 12.1 Å². The van der Waals surface area contributed by atoms with Crippen LogP contribution in [0.25, 0.3) is 0 Å². The van der Waals surface area contributed by atoms with Crippen LogP contribution in [0.1, 0.15) is 42.4 Å². The molecule has 2 atom stereocenters. The molecule has 2 unspecified atom stereocenters. The average molecular weight is 247 g/mol. The fourth-order valence-corrected chi connectivity index (χ4v) is 1.88. The van der Waals surface area contributed by atoms with Gasteiger partial charge >= 0.3 is 0 Å². The third-order valence-corrected chi connectivity index (χ3v) is 2.85. The summed E-state index contributed by atoms with van der Waals surface area (Å²) in [5.41, 5.74) is 0.670. The van der Waals surface area contributed by atoms with Crippen molar-refractivity contribution in [1.82, 2.24) is 0 Å². The smallest absolute Gasteiger partial charge is 0.129 e. The Morgan fingerprint density at radius 3 is 2.69 bits per heavy atom. The molecule has 90 valence electrons. The molecule has 16 heavy (non-hydrogen) atoms. The van der Waals surface area contributed by atoms with Crippen LogP contribution in [0, 0.1) is 5.82 Å². The van der Waals surface area contributed by atoms with E-state index in [9.17, 15) is 9.50 Å². The number of hydrogen-bond acceptors (Lipinski definition) is 2. The van der Waals surface area contributed by atoms with Gasteiger partial charge in [-0.15, -0.1) is 11.6 Å². The zero-order valence-electron chi connectivity index (χ0n) is 9.16. The van der Waals surface area contributed by atoms with Gasteiger partial charge in [-0.05, 0) is 18.1 Å². The minimum absolute atomic E-state index is 0.207. The van der Waals surface area contributed by atoms with Crippen molar-refractivity contribution in [2.75, 3.05) is 6.61 Å². The highest BCUT2D eigenvalue weighted by atomic mass is 35.5. The minimum Gasteiger partial charge on any atom is -0.394 e. The molecule has 0 saturated carbocycles. The SMILES string of the molecule is CCCC(O)c1c(F)cccc1C(Cl)CO. The van der Waals surface area contributed by atoms with Gasteiger partial charge in [0, 0.05) is 5.56 Å². The molecule has 0 aliphatic carbocycles. The van der Waals surface area contributed by atoms with Gasteiger partial charge in [0.05, 0.1) is 18.1 Å². The van der Waals surface area contributed by atoms with E-state index in [4.69, 9.17) is 16.7 Å². The van der Waals surface area contributed by atoms with Crippen LogP contribution in [0.2, 0.25) is 0 Å². The summed E-state index contributed by atoms with van der Waals surface area (Å²) in [4.78, 5) is 0. The van der Waals surface area contributed by atoms with Crippen LogP contribution < -0.4 is 0 Å². The first-order valence-corrected chi connectivity index (χ1v) is 5.76. The van der Waals surface area contributed by atoms with Crippen molar-refractivity contribution in [2.45, 2.75) is 31.2 Å². The van der Waals surface area contributed by atoms with E-state index >= 15 is 0 Å². The maximum absolute atomic E-state index is 13.6. The quantitative estimate of drug-likeness (QED) is 0.785. The number of hydrogen-bond donors (Lipinski definition) is 2. The molecule has 2 nitrogen and oxygen atoms in total. The third-order valence-electron chi connectivity index (χ3n) is 2.48. The number of benzene rings is 1. The second kappa shape index (κ2) is 6.18. The van der Waals surface area contributed by atoms with E-state index in [1.807, 2.05) is 6.92 Å². The lowest BCUT2D eigenvalue weighted by atomic mass is 9.96. The Labute approximate surface area is 99.7 Å². The second-order valence-electron chi connectivity index (χ2n) is 3.70. The summed E-state index contributed by atoms with van der Waals surface area (Å²) in [5, 5.41) is 18.1. The summed E-state index contributed by atoms with van der Waals surface area (Å²) >= 11 is 5.88. The maximum atomic E-state index is 13.6. The zero-order chi connectivity index (χ0) is 12.1. The van der Waals surface area contributed by atoms with Crippen LogP contribution in [0.4, 0.5) is 4.39 Å². The average Bonchev–Trinajstić information content (AvgIpc) is 2.27. The van der Waals surface area contributed by atoms with Crippen LogP contribution in [0.5, 0.6) is 0 Å². The van der Waals surface area contributed by atoms with E-state index in [1.54, 1.807) is 6.07 Å². The van der Waals surface area contributed by atoms with E-state index < -0.39 is 17.3 Å². The molecule has 1 aromatic carbocycles. The summed E-state index contributed by atoms with van der Waals surface area (Å²) in [6, 6.07) is 4.45. The first-order valence-electron chi connectivity index (χ1n) is 5.33. The number of halogens is 2. The lowest BCUT2D eigenvalue weighted by molar-refractivity contribution is 0.160. The molecule has 0 fully saturated rings. The van der Waals surface area contributed by atoms with Gasteiger partial charge in [-0.2, -0.15) is 0 Å². The summed E-state index contributed by atoms with van der Waals surface area (Å²) in [7, 11) is 0. The predicted molar refractivity (Wildman–Crippen MR) is 61.9 cm³/mol. The minimum atomic E-state index is -0.867. The van der Waals surface area contributed by atoms with Crippen LogP contribution in [-0.2, 0) is 0 Å². The molecular weight excluding hydrogens is 231 g/mol. The number of aliphatic hydroxyl groups is 2. The molecule has 0 heterocycles. The largest absolute Gasteiger partial charge is 0.394 e. The Hall–Kier alpha value is -0.640. The molecule has 0 bridgehead atoms. The van der Waals surface area contributed by atoms with Crippen molar-refractivity contribution in [1.29, 1.82) is 0 Å². The van der Waals surface area contributed by atoms with Crippen LogP contribution in [-0.4, -0.2) is 16.8 Å². The highest BCUT2D eigenvalue weighted by Crippen LogP contribution is 2.31. The molecule has 2 N–H and O–H groups in total. The number of aliphatic hydroxyl groups excluding tert-OH is 2. The van der Waals surface area contributed by atoms with Gasteiger partial charge < -0.3 is 10.2 Å². The fourth-order valence-electron chi connectivity index (χ4n) is 1.69. The molecular formula is C12H16ClFO2. The summed E-state index contributed by atoms with van der Waals surface area (Å²) in [6.45, 7) is 1.63. The van der Waals surface area contributed by atoms with Gasteiger partial charge in [0.25, 0.3) is 0 Å². The fraction of sp³-hybridized carbons (Fsp3) is 0.500. The highest BCUT2D eigenvalue weighted by Gasteiger charge is 2.20. The lowest BCUT2D eigenvalue weighted by Crippen LogP contribution is -2.08. The molecule has 4 heteroatoms. The molecule has 0 aromatic heterocycles. The molecule has 0 aliphatic heterocycles. The molecule has 0 aliphatic rings. The Kier molecular flexibility index (Phi) is 5.19. The topological polar surface area (TPSA) is 40.5 Å². The van der Waals surface area contributed by atoms with E-state index in [2.05, 4.69) is 0 Å². The van der Waals surface area contributed by atoms with Gasteiger partial charge in [-0.25, -0.2) is 4.39 Å². The van der Waals surface area contributed by atoms with Gasteiger partial charge in [-0.1, -0.05) is 25.5 Å². The van der Waals surface area contributed by atoms with Crippen molar-refractivity contribution in [3.8, 4) is 0 Å². The summed E-state index contributed by atoms with van der Waals surface area (Å²) in [5.74, 6) is -0.474.